The van der Waals surface area contributed by atoms with Crippen LogP contribution in [0.15, 0.2) is 34.9 Å². The summed E-state index contributed by atoms with van der Waals surface area (Å²) in [5.41, 5.74) is 0.862. The Balaban J connectivity index is 2.28. The van der Waals surface area contributed by atoms with Crippen LogP contribution in [0.5, 0.6) is 0 Å². The maximum absolute atomic E-state index is 13.3. The number of nitrogens with one attached hydrogen (secondary N) is 1. The van der Waals surface area contributed by atoms with E-state index in [1.54, 1.807) is 13.1 Å². The van der Waals surface area contributed by atoms with Gasteiger partial charge in [0.2, 0.25) is 0 Å². The van der Waals surface area contributed by atoms with Gasteiger partial charge in [-0.3, -0.25) is 4.79 Å². The van der Waals surface area contributed by atoms with Gasteiger partial charge in [-0.05, 0) is 46.6 Å². The summed E-state index contributed by atoms with van der Waals surface area (Å²) in [6, 6.07) is 5.89. The third-order valence-corrected chi connectivity index (χ3v) is 3.29. The molecule has 1 N–H and O–H groups in total. The smallest absolute Gasteiger partial charge is 0.258 e. The van der Waals surface area contributed by atoms with Crippen LogP contribution in [0, 0.1) is 12.7 Å². The summed E-state index contributed by atoms with van der Waals surface area (Å²) in [6.45, 7) is 1.81. The molecule has 0 atom stereocenters. The van der Waals surface area contributed by atoms with Gasteiger partial charge < -0.3 is 5.32 Å². The van der Waals surface area contributed by atoms with Crippen LogP contribution in [0.25, 0.3) is 0 Å². The monoisotopic (exact) mass is 342 g/mol. The Labute approximate surface area is 122 Å². The molecule has 0 saturated heterocycles. The Morgan fingerprint density at radius 1 is 1.47 bits per heavy atom. The van der Waals surface area contributed by atoms with E-state index >= 15 is 0 Å². The van der Waals surface area contributed by atoms with Crippen molar-refractivity contribution in [2.45, 2.75) is 6.92 Å². The third kappa shape index (κ3) is 3.11. The highest BCUT2D eigenvalue weighted by molar-refractivity contribution is 9.10. The van der Waals surface area contributed by atoms with E-state index in [9.17, 15) is 9.18 Å². The summed E-state index contributed by atoms with van der Waals surface area (Å²) in [5, 5.41) is 2.40. The molecule has 0 fully saturated rings. The summed E-state index contributed by atoms with van der Waals surface area (Å²) in [5.74, 6) is -0.717. The number of benzene rings is 1. The largest absolute Gasteiger partial charge is 0.306 e. The molecule has 98 valence electrons. The minimum atomic E-state index is -0.630. The molecule has 6 heteroatoms. The van der Waals surface area contributed by atoms with Crippen molar-refractivity contribution in [2.24, 2.45) is 0 Å². The van der Waals surface area contributed by atoms with E-state index in [2.05, 4.69) is 26.2 Å². The van der Waals surface area contributed by atoms with Gasteiger partial charge in [0.25, 0.3) is 5.91 Å². The highest BCUT2D eigenvalue weighted by atomic mass is 79.9. The highest BCUT2D eigenvalue weighted by Gasteiger charge is 2.14. The van der Waals surface area contributed by atoms with Crippen LogP contribution in [0.4, 0.5) is 10.2 Å². The Morgan fingerprint density at radius 2 is 2.21 bits per heavy atom. The van der Waals surface area contributed by atoms with Crippen LogP contribution in [0.1, 0.15) is 15.9 Å². The maximum Gasteiger partial charge on any atom is 0.258 e. The second-order valence-corrected chi connectivity index (χ2v) is 5.17. The van der Waals surface area contributed by atoms with Crippen molar-refractivity contribution in [1.29, 1.82) is 0 Å². The molecule has 0 bridgehead atoms. The number of rotatable bonds is 2. The third-order valence-electron chi connectivity index (χ3n) is 2.47. The number of carbonyl (C=O) groups is 1. The van der Waals surface area contributed by atoms with Gasteiger partial charge in [0.05, 0.1) is 10.6 Å². The standard InChI is InChI=1S/C13H9BrClFN2O/c1-7-5-8(14)6-17-12(7)18-13(19)9-3-2-4-10(16)11(9)15/h2-6H,1H3,(H,17,18,19). The zero-order valence-corrected chi connectivity index (χ0v) is 12.2. The molecule has 19 heavy (non-hydrogen) atoms. The van der Waals surface area contributed by atoms with E-state index in [-0.39, 0.29) is 10.6 Å². The van der Waals surface area contributed by atoms with Gasteiger partial charge in [-0.25, -0.2) is 9.37 Å². The van der Waals surface area contributed by atoms with E-state index < -0.39 is 11.7 Å². The summed E-state index contributed by atoms with van der Waals surface area (Å²) in [7, 11) is 0. The molecule has 1 heterocycles. The second-order valence-electron chi connectivity index (χ2n) is 3.87. The molecule has 3 nitrogen and oxygen atoms in total. The Morgan fingerprint density at radius 3 is 2.89 bits per heavy atom. The van der Waals surface area contributed by atoms with E-state index in [1.165, 1.54) is 18.2 Å². The molecule has 1 aromatic carbocycles. The maximum atomic E-state index is 13.3. The van der Waals surface area contributed by atoms with Gasteiger partial charge in [-0.2, -0.15) is 0 Å². The number of carbonyl (C=O) groups excluding carboxylic acids is 1. The topological polar surface area (TPSA) is 42.0 Å². The molecule has 1 aromatic heterocycles. The van der Waals surface area contributed by atoms with Crippen molar-refractivity contribution >= 4 is 39.3 Å². The fourth-order valence-electron chi connectivity index (χ4n) is 1.53. The zero-order chi connectivity index (χ0) is 14.0. The van der Waals surface area contributed by atoms with Crippen molar-refractivity contribution in [3.63, 3.8) is 0 Å². The van der Waals surface area contributed by atoms with Crippen molar-refractivity contribution in [2.75, 3.05) is 5.32 Å². The molecule has 2 rings (SSSR count). The molecule has 0 aliphatic heterocycles. The molecule has 0 aliphatic carbocycles. The summed E-state index contributed by atoms with van der Waals surface area (Å²) in [4.78, 5) is 16.1. The number of hydrogen-bond acceptors (Lipinski definition) is 2. The number of amides is 1. The lowest BCUT2D eigenvalue weighted by molar-refractivity contribution is 0.102. The van der Waals surface area contributed by atoms with E-state index in [0.29, 0.717) is 5.82 Å². The minimum absolute atomic E-state index is 0.0748. The van der Waals surface area contributed by atoms with E-state index in [1.807, 2.05) is 6.07 Å². The Hall–Kier alpha value is -1.46. The Kier molecular flexibility index (Phi) is 4.17. The van der Waals surface area contributed by atoms with Crippen LogP contribution < -0.4 is 5.32 Å². The molecule has 0 unspecified atom stereocenters. The lowest BCUT2D eigenvalue weighted by Crippen LogP contribution is -2.14. The van der Waals surface area contributed by atoms with Gasteiger partial charge >= 0.3 is 0 Å². The molecule has 2 aromatic rings. The molecular weight excluding hydrogens is 335 g/mol. The van der Waals surface area contributed by atoms with Crippen molar-refractivity contribution in [1.82, 2.24) is 4.98 Å². The van der Waals surface area contributed by atoms with Crippen molar-refractivity contribution < 1.29 is 9.18 Å². The van der Waals surface area contributed by atoms with Crippen molar-refractivity contribution in [3.8, 4) is 0 Å². The van der Waals surface area contributed by atoms with Crippen LogP contribution in [0.3, 0.4) is 0 Å². The lowest BCUT2D eigenvalue weighted by atomic mass is 10.2. The molecular formula is C13H9BrClFN2O. The first-order chi connectivity index (χ1) is 8.99. The first kappa shape index (κ1) is 14.0. The number of aromatic nitrogens is 1. The predicted molar refractivity (Wildman–Crippen MR) is 76.0 cm³/mol. The fraction of sp³-hybridized carbons (Fsp3) is 0.0769. The van der Waals surface area contributed by atoms with Crippen molar-refractivity contribution in [3.05, 3.63) is 56.9 Å². The second kappa shape index (κ2) is 5.67. The SMILES string of the molecule is Cc1cc(Br)cnc1NC(=O)c1cccc(F)c1Cl. The quantitative estimate of drug-likeness (QED) is 0.888. The minimum Gasteiger partial charge on any atom is -0.306 e. The van der Waals surface area contributed by atoms with Crippen LogP contribution in [-0.4, -0.2) is 10.9 Å². The van der Waals surface area contributed by atoms with E-state index in [0.717, 1.165) is 10.0 Å². The van der Waals surface area contributed by atoms with Crippen LogP contribution in [0.2, 0.25) is 5.02 Å². The molecule has 0 radical (unpaired) electrons. The number of nitrogens with zero attached hydrogens (tertiary/aromatic N) is 1. The van der Waals surface area contributed by atoms with E-state index in [4.69, 9.17) is 11.6 Å². The lowest BCUT2D eigenvalue weighted by Gasteiger charge is -2.08. The van der Waals surface area contributed by atoms with Gasteiger partial charge in [-0.15, -0.1) is 0 Å². The van der Waals surface area contributed by atoms with Gasteiger partial charge in [0.1, 0.15) is 11.6 Å². The van der Waals surface area contributed by atoms with Gasteiger partial charge in [0, 0.05) is 10.7 Å². The average Bonchev–Trinajstić information content (AvgIpc) is 2.36. The number of pyridine rings is 1. The van der Waals surface area contributed by atoms with Gasteiger partial charge in [-0.1, -0.05) is 17.7 Å². The normalized spacial score (nSPS) is 10.3. The number of aryl methyl sites for hydroxylation is 1. The summed E-state index contributed by atoms with van der Waals surface area (Å²) < 4.78 is 14.1. The molecule has 0 spiro atoms. The van der Waals surface area contributed by atoms with Gasteiger partial charge in [0.15, 0.2) is 0 Å². The molecule has 1 amide bonds. The first-order valence-corrected chi connectivity index (χ1v) is 6.53. The predicted octanol–water partition coefficient (Wildman–Crippen LogP) is 4.20. The van der Waals surface area contributed by atoms with Crippen LogP contribution >= 0.6 is 27.5 Å². The number of hydrogen-bond donors (Lipinski definition) is 1. The molecule has 0 aliphatic rings. The van der Waals surface area contributed by atoms with Crippen LogP contribution in [-0.2, 0) is 0 Å². The fourth-order valence-corrected chi connectivity index (χ4v) is 2.18. The Bertz CT molecular complexity index is 649. The highest BCUT2D eigenvalue weighted by Crippen LogP contribution is 2.22. The number of anilines is 1. The average molecular weight is 344 g/mol. The summed E-state index contributed by atoms with van der Waals surface area (Å²) in [6.07, 6.45) is 1.57. The molecule has 0 saturated carbocycles. The summed E-state index contributed by atoms with van der Waals surface area (Å²) >= 11 is 9.04. The number of halogens is 3. The zero-order valence-electron chi connectivity index (χ0n) is 9.88. The first-order valence-electron chi connectivity index (χ1n) is 5.36.